The van der Waals surface area contributed by atoms with Gasteiger partial charge in [-0.2, -0.15) is 0 Å². The molecule has 2 rings (SSSR count). The molecule has 0 aliphatic carbocycles. The van der Waals surface area contributed by atoms with Crippen LogP contribution in [0.2, 0.25) is 0 Å². The molecule has 2 aromatic rings. The van der Waals surface area contributed by atoms with Gasteiger partial charge in [0.15, 0.2) is 0 Å². The molecule has 4 nitrogen and oxygen atoms in total. The van der Waals surface area contributed by atoms with Crippen LogP contribution in [0, 0.1) is 6.92 Å². The Balaban J connectivity index is 2.35. The Labute approximate surface area is 116 Å². The van der Waals surface area contributed by atoms with Gasteiger partial charge in [-0.3, -0.25) is 0 Å². The molecule has 0 unspecified atom stereocenters. The molecule has 5 heteroatoms. The normalized spacial score (nSPS) is 10.3. The summed E-state index contributed by atoms with van der Waals surface area (Å²) in [6, 6.07) is 6.15. The number of hydrogen-bond acceptors (Lipinski definition) is 5. The van der Waals surface area contributed by atoms with Crippen molar-refractivity contribution in [1.82, 2.24) is 4.98 Å². The third kappa shape index (κ3) is 2.76. The van der Waals surface area contributed by atoms with Crippen molar-refractivity contribution in [3.8, 4) is 10.6 Å². The summed E-state index contributed by atoms with van der Waals surface area (Å²) in [4.78, 5) is 18.3. The molecule has 0 radical (unpaired) electrons. The Bertz CT molecular complexity index is 605. The zero-order valence-corrected chi connectivity index (χ0v) is 12.2. The van der Waals surface area contributed by atoms with Gasteiger partial charge in [-0.25, -0.2) is 9.78 Å². The molecule has 0 N–H and O–H groups in total. The van der Waals surface area contributed by atoms with Gasteiger partial charge < -0.3 is 9.64 Å². The summed E-state index contributed by atoms with van der Waals surface area (Å²) in [5.41, 5.74) is 3.37. The van der Waals surface area contributed by atoms with Crippen molar-refractivity contribution in [2.45, 2.75) is 6.92 Å². The number of ether oxygens (including phenoxy) is 1. The van der Waals surface area contributed by atoms with E-state index in [2.05, 4.69) is 33.7 Å². The van der Waals surface area contributed by atoms with Gasteiger partial charge in [0.1, 0.15) is 9.88 Å². The lowest BCUT2D eigenvalue weighted by atomic mass is 10.1. The highest BCUT2D eigenvalue weighted by Crippen LogP contribution is 2.29. The SMILES string of the molecule is COC(=O)c1cnc(-c2ccc(N(C)C)c(C)c2)s1. The van der Waals surface area contributed by atoms with Gasteiger partial charge in [0.25, 0.3) is 0 Å². The summed E-state index contributed by atoms with van der Waals surface area (Å²) < 4.78 is 4.68. The van der Waals surface area contributed by atoms with Crippen molar-refractivity contribution in [3.63, 3.8) is 0 Å². The number of aromatic nitrogens is 1. The van der Waals surface area contributed by atoms with Crippen molar-refractivity contribution < 1.29 is 9.53 Å². The Morgan fingerprint density at radius 3 is 2.68 bits per heavy atom. The van der Waals surface area contributed by atoms with Crippen molar-refractivity contribution in [1.29, 1.82) is 0 Å². The van der Waals surface area contributed by atoms with Crippen LogP contribution in [0.4, 0.5) is 5.69 Å². The molecule has 100 valence electrons. The van der Waals surface area contributed by atoms with Crippen molar-refractivity contribution in [3.05, 3.63) is 34.8 Å². The number of aryl methyl sites for hydroxylation is 1. The van der Waals surface area contributed by atoms with Crippen molar-refractivity contribution >= 4 is 23.0 Å². The van der Waals surface area contributed by atoms with Gasteiger partial charge in [0.05, 0.1) is 13.3 Å². The van der Waals surface area contributed by atoms with E-state index >= 15 is 0 Å². The van der Waals surface area contributed by atoms with Crippen LogP contribution in [0.15, 0.2) is 24.4 Å². The fraction of sp³-hybridized carbons (Fsp3) is 0.286. The van der Waals surface area contributed by atoms with E-state index in [0.29, 0.717) is 4.88 Å². The molecule has 0 saturated carbocycles. The molecule has 0 spiro atoms. The van der Waals surface area contributed by atoms with E-state index in [1.165, 1.54) is 29.7 Å². The van der Waals surface area contributed by atoms with E-state index in [0.717, 1.165) is 10.6 Å². The lowest BCUT2D eigenvalue weighted by molar-refractivity contribution is 0.0606. The van der Waals surface area contributed by atoms with Gasteiger partial charge in [-0.15, -0.1) is 11.3 Å². The topological polar surface area (TPSA) is 42.4 Å². The first kappa shape index (κ1) is 13.5. The number of hydrogen-bond donors (Lipinski definition) is 0. The highest BCUT2D eigenvalue weighted by molar-refractivity contribution is 7.16. The lowest BCUT2D eigenvalue weighted by Crippen LogP contribution is -2.09. The summed E-state index contributed by atoms with van der Waals surface area (Å²) in [6.45, 7) is 2.06. The fourth-order valence-corrected chi connectivity index (χ4v) is 2.72. The predicted molar refractivity (Wildman–Crippen MR) is 78.0 cm³/mol. The highest BCUT2D eigenvalue weighted by Gasteiger charge is 2.12. The Hall–Kier alpha value is -1.88. The number of benzene rings is 1. The zero-order chi connectivity index (χ0) is 14.0. The maximum atomic E-state index is 11.4. The molecule has 1 aromatic heterocycles. The molecule has 1 aromatic carbocycles. The molecule has 0 atom stereocenters. The lowest BCUT2D eigenvalue weighted by Gasteiger charge is -2.15. The molecule has 0 saturated heterocycles. The van der Waals surface area contributed by atoms with Crippen LogP contribution < -0.4 is 4.90 Å². The molecule has 0 fully saturated rings. The van der Waals surface area contributed by atoms with Crippen LogP contribution in [0.5, 0.6) is 0 Å². The maximum absolute atomic E-state index is 11.4. The molecule has 0 amide bonds. The second-order valence-corrected chi connectivity index (χ2v) is 5.45. The second kappa shape index (κ2) is 5.40. The number of methoxy groups -OCH3 is 1. The summed E-state index contributed by atoms with van der Waals surface area (Å²) in [5.74, 6) is -0.342. The number of rotatable bonds is 3. The molecule has 1 heterocycles. The van der Waals surface area contributed by atoms with E-state index in [1.54, 1.807) is 6.20 Å². The quantitative estimate of drug-likeness (QED) is 0.808. The molecule has 0 aliphatic rings. The standard InChI is InChI=1S/C14H16N2O2S/c1-9-7-10(5-6-11(9)16(2)3)13-15-8-12(19-13)14(17)18-4/h5-8H,1-4H3. The second-order valence-electron chi connectivity index (χ2n) is 4.42. The summed E-state index contributed by atoms with van der Waals surface area (Å²) >= 11 is 1.34. The summed E-state index contributed by atoms with van der Waals surface area (Å²) in [6.07, 6.45) is 1.56. The number of thiazole rings is 1. The third-order valence-electron chi connectivity index (χ3n) is 2.82. The van der Waals surface area contributed by atoms with E-state index in [-0.39, 0.29) is 5.97 Å². The first-order valence-electron chi connectivity index (χ1n) is 5.85. The minimum atomic E-state index is -0.342. The Morgan fingerprint density at radius 1 is 1.37 bits per heavy atom. The largest absolute Gasteiger partial charge is 0.465 e. The van der Waals surface area contributed by atoms with Gasteiger partial charge in [-0.05, 0) is 30.7 Å². The Kier molecular flexibility index (Phi) is 3.85. The number of carbonyl (C=O) groups is 1. The van der Waals surface area contributed by atoms with Crippen LogP contribution in [0.3, 0.4) is 0 Å². The molecule has 0 bridgehead atoms. The number of anilines is 1. The highest BCUT2D eigenvalue weighted by atomic mass is 32.1. The minimum absolute atomic E-state index is 0.342. The maximum Gasteiger partial charge on any atom is 0.349 e. The van der Waals surface area contributed by atoms with E-state index < -0.39 is 0 Å². The predicted octanol–water partition coefficient (Wildman–Crippen LogP) is 2.97. The molecular formula is C14H16N2O2S. The van der Waals surface area contributed by atoms with Crippen molar-refractivity contribution in [2.75, 3.05) is 26.1 Å². The van der Waals surface area contributed by atoms with Crippen molar-refractivity contribution in [2.24, 2.45) is 0 Å². The molecule has 0 aliphatic heterocycles. The minimum Gasteiger partial charge on any atom is -0.465 e. The van der Waals surface area contributed by atoms with Crippen LogP contribution in [0.25, 0.3) is 10.6 Å². The third-order valence-corrected chi connectivity index (χ3v) is 3.84. The van der Waals surface area contributed by atoms with E-state index in [1.807, 2.05) is 20.2 Å². The first-order valence-corrected chi connectivity index (χ1v) is 6.67. The van der Waals surface area contributed by atoms with E-state index in [9.17, 15) is 4.79 Å². The Morgan fingerprint density at radius 2 is 2.11 bits per heavy atom. The monoisotopic (exact) mass is 276 g/mol. The van der Waals surface area contributed by atoms with Gasteiger partial charge >= 0.3 is 5.97 Å². The number of carbonyl (C=O) groups excluding carboxylic acids is 1. The summed E-state index contributed by atoms with van der Waals surface area (Å²) in [7, 11) is 5.40. The zero-order valence-electron chi connectivity index (χ0n) is 11.4. The van der Waals surface area contributed by atoms with Crippen LogP contribution >= 0.6 is 11.3 Å². The van der Waals surface area contributed by atoms with Gasteiger partial charge in [0, 0.05) is 25.3 Å². The average Bonchev–Trinajstić information content (AvgIpc) is 2.86. The molecule has 19 heavy (non-hydrogen) atoms. The van der Waals surface area contributed by atoms with Crippen LogP contribution in [0.1, 0.15) is 15.2 Å². The smallest absolute Gasteiger partial charge is 0.349 e. The van der Waals surface area contributed by atoms with Crippen LogP contribution in [-0.2, 0) is 4.74 Å². The first-order chi connectivity index (χ1) is 9.02. The number of esters is 1. The van der Waals surface area contributed by atoms with Gasteiger partial charge in [0.2, 0.25) is 0 Å². The van der Waals surface area contributed by atoms with E-state index in [4.69, 9.17) is 0 Å². The average molecular weight is 276 g/mol. The van der Waals surface area contributed by atoms with Gasteiger partial charge in [-0.1, -0.05) is 0 Å². The fourth-order valence-electron chi connectivity index (χ4n) is 1.89. The molecular weight excluding hydrogens is 260 g/mol. The van der Waals surface area contributed by atoms with Crippen LogP contribution in [-0.4, -0.2) is 32.2 Å². The number of nitrogens with zero attached hydrogens (tertiary/aromatic N) is 2. The summed E-state index contributed by atoms with van der Waals surface area (Å²) in [5, 5.41) is 0.828.